The van der Waals surface area contributed by atoms with Crippen molar-refractivity contribution in [1.29, 1.82) is 0 Å². The minimum Gasteiger partial charge on any atom is -0.457 e. The quantitative estimate of drug-likeness (QED) is 0.145. The van der Waals surface area contributed by atoms with Gasteiger partial charge in [0.05, 0.1) is 17.7 Å². The van der Waals surface area contributed by atoms with Gasteiger partial charge in [0.2, 0.25) is 0 Å². The Morgan fingerprint density at radius 2 is 0.955 bits per heavy atom. The number of rotatable bonds is 9. The van der Waals surface area contributed by atoms with E-state index in [1.165, 1.54) is 50.3 Å². The van der Waals surface area contributed by atoms with Gasteiger partial charge in [0.15, 0.2) is 0 Å². The van der Waals surface area contributed by atoms with Crippen LogP contribution in [0.4, 0.5) is 11.4 Å². The van der Waals surface area contributed by atoms with Gasteiger partial charge in [0.25, 0.3) is 0 Å². The van der Waals surface area contributed by atoms with Crippen LogP contribution >= 0.6 is 0 Å². The van der Waals surface area contributed by atoms with E-state index in [-0.39, 0.29) is 27.1 Å². The number of hydrogen-bond acceptors (Lipinski definition) is 4. The average molecular weight is 885 g/mol. The summed E-state index contributed by atoms with van der Waals surface area (Å²) in [6.07, 6.45) is 1.95. The molecule has 0 saturated heterocycles. The van der Waals surface area contributed by atoms with E-state index in [2.05, 4.69) is 262 Å². The molecule has 0 aliphatic carbocycles. The Bertz CT molecular complexity index is 3130. The molecule has 67 heavy (non-hydrogen) atoms. The smallest absolute Gasteiger partial charge is 0.137 e. The van der Waals surface area contributed by atoms with E-state index in [1.807, 2.05) is 6.20 Å². The van der Waals surface area contributed by atoms with Crippen LogP contribution in [0.15, 0.2) is 175 Å². The zero-order chi connectivity index (χ0) is 47.7. The van der Waals surface area contributed by atoms with Crippen molar-refractivity contribution in [2.75, 3.05) is 16.5 Å². The van der Waals surface area contributed by atoms with E-state index >= 15 is 0 Å². The standard InChI is InChI=1S/C62H68N4O/c1-58(2,3)44-27-22-28-47(35-44)64-41-65(57(60(7,8)9)56(64)59(4,5)6)48-36-46(62(12,13)43-25-18-15-19-26-43)37-50(39-48)67-49-31-32-52-51-29-20-21-30-53(51)66(54(52)40-49)55-38-45(33-34-63-55)61(10,11)42-23-16-14-17-24-42/h14-40H,41H2,1-13H3. The summed E-state index contributed by atoms with van der Waals surface area (Å²) in [6, 6.07) is 57.2. The summed E-state index contributed by atoms with van der Waals surface area (Å²) in [7, 11) is 0. The Balaban J connectivity index is 1.20. The summed E-state index contributed by atoms with van der Waals surface area (Å²) < 4.78 is 9.47. The van der Waals surface area contributed by atoms with Crippen molar-refractivity contribution in [3.8, 4) is 17.3 Å². The van der Waals surface area contributed by atoms with Crippen LogP contribution in [0.1, 0.15) is 118 Å². The van der Waals surface area contributed by atoms with Crippen LogP contribution in [0, 0.1) is 10.8 Å². The molecule has 0 amide bonds. The molecule has 5 heteroatoms. The van der Waals surface area contributed by atoms with Gasteiger partial charge in [0.1, 0.15) is 17.3 Å². The molecule has 3 heterocycles. The largest absolute Gasteiger partial charge is 0.457 e. The number of aromatic nitrogens is 2. The highest BCUT2D eigenvalue weighted by molar-refractivity contribution is 6.09. The SMILES string of the molecule is CC(C)(C)C1=C(C(C)(C)C)N(c2cc(Oc3ccc4c5ccccc5n(-c5cc(C(C)(C)c6ccccc6)ccn5)c4c3)cc(C(C)(C)c3ccccc3)c2)CN1c1cccc(C(C)(C)C)c1. The lowest BCUT2D eigenvalue weighted by molar-refractivity contribution is 0.444. The molecular formula is C62H68N4O. The maximum absolute atomic E-state index is 7.17. The van der Waals surface area contributed by atoms with E-state index < -0.39 is 0 Å². The Labute approximate surface area is 399 Å². The summed E-state index contributed by atoms with van der Waals surface area (Å²) in [5.74, 6) is 2.44. The molecular weight excluding hydrogens is 817 g/mol. The Morgan fingerprint density at radius 3 is 1.58 bits per heavy atom. The molecule has 2 aromatic heterocycles. The van der Waals surface area contributed by atoms with Gasteiger partial charge in [-0.05, 0) is 87.8 Å². The van der Waals surface area contributed by atoms with Gasteiger partial charge in [-0.2, -0.15) is 0 Å². The van der Waals surface area contributed by atoms with Crippen LogP contribution in [0.3, 0.4) is 0 Å². The van der Waals surface area contributed by atoms with E-state index in [0.29, 0.717) is 6.67 Å². The molecule has 6 aromatic carbocycles. The molecule has 0 saturated carbocycles. The number of nitrogens with zero attached hydrogens (tertiary/aromatic N) is 4. The van der Waals surface area contributed by atoms with Gasteiger partial charge in [-0.1, -0.05) is 181 Å². The Kier molecular flexibility index (Phi) is 11.3. The average Bonchev–Trinajstić information content (AvgIpc) is 3.88. The number of allylic oxidation sites excluding steroid dienone is 2. The van der Waals surface area contributed by atoms with Crippen molar-refractivity contribution in [2.45, 2.75) is 106 Å². The van der Waals surface area contributed by atoms with E-state index in [0.717, 1.165) is 39.4 Å². The molecule has 9 rings (SSSR count). The summed E-state index contributed by atoms with van der Waals surface area (Å²) in [4.78, 5) is 10.1. The molecule has 342 valence electrons. The first-order valence-electron chi connectivity index (χ1n) is 24.0. The number of fused-ring (bicyclic) bond motifs is 3. The van der Waals surface area contributed by atoms with Crippen LogP contribution in [-0.4, -0.2) is 16.2 Å². The fourth-order valence-electron chi connectivity index (χ4n) is 10.1. The maximum atomic E-state index is 7.17. The minimum atomic E-state index is -0.325. The number of anilines is 2. The van der Waals surface area contributed by atoms with Crippen molar-refractivity contribution in [3.63, 3.8) is 0 Å². The number of para-hydroxylation sites is 1. The summed E-state index contributed by atoms with van der Waals surface area (Å²) in [6.45, 7) is 30.9. The summed E-state index contributed by atoms with van der Waals surface area (Å²) in [5.41, 5.74) is 12.5. The van der Waals surface area contributed by atoms with E-state index in [1.54, 1.807) is 0 Å². The fraction of sp³-hybridized carbons (Fsp3) is 0.306. The first-order chi connectivity index (χ1) is 31.6. The monoisotopic (exact) mass is 885 g/mol. The highest BCUT2D eigenvalue weighted by Crippen LogP contribution is 2.50. The zero-order valence-corrected chi connectivity index (χ0v) is 42.0. The molecule has 8 aromatic rings. The summed E-state index contributed by atoms with van der Waals surface area (Å²) in [5, 5.41) is 2.33. The van der Waals surface area contributed by atoms with Crippen molar-refractivity contribution >= 4 is 33.2 Å². The van der Waals surface area contributed by atoms with Crippen LogP contribution in [-0.2, 0) is 16.2 Å². The molecule has 5 nitrogen and oxygen atoms in total. The van der Waals surface area contributed by atoms with Crippen molar-refractivity contribution in [3.05, 3.63) is 203 Å². The third kappa shape index (κ3) is 8.54. The van der Waals surface area contributed by atoms with Crippen LogP contribution in [0.5, 0.6) is 11.5 Å². The molecule has 0 radical (unpaired) electrons. The molecule has 1 aliphatic heterocycles. The topological polar surface area (TPSA) is 33.5 Å². The lowest BCUT2D eigenvalue weighted by Gasteiger charge is -2.35. The molecule has 0 unspecified atom stereocenters. The highest BCUT2D eigenvalue weighted by Gasteiger charge is 2.42. The first-order valence-corrected chi connectivity index (χ1v) is 24.0. The number of hydrogen-bond donors (Lipinski definition) is 0. The minimum absolute atomic E-state index is 0.0225. The Hall–Kier alpha value is -6.59. The molecule has 1 aliphatic rings. The van der Waals surface area contributed by atoms with E-state index in [4.69, 9.17) is 9.72 Å². The fourth-order valence-corrected chi connectivity index (χ4v) is 10.1. The van der Waals surface area contributed by atoms with Gasteiger partial charge >= 0.3 is 0 Å². The Morgan fingerprint density at radius 1 is 0.403 bits per heavy atom. The highest BCUT2D eigenvalue weighted by atomic mass is 16.5. The van der Waals surface area contributed by atoms with Crippen molar-refractivity contribution in [1.82, 2.24) is 9.55 Å². The molecule has 0 fully saturated rings. The molecule has 0 bridgehead atoms. The predicted molar refractivity (Wildman–Crippen MR) is 283 cm³/mol. The van der Waals surface area contributed by atoms with Gasteiger partial charge < -0.3 is 14.5 Å². The van der Waals surface area contributed by atoms with E-state index in [9.17, 15) is 0 Å². The van der Waals surface area contributed by atoms with Crippen molar-refractivity contribution in [2.24, 2.45) is 10.8 Å². The molecule has 0 atom stereocenters. The van der Waals surface area contributed by atoms with Crippen molar-refractivity contribution < 1.29 is 4.74 Å². The van der Waals surface area contributed by atoms with Crippen LogP contribution in [0.2, 0.25) is 0 Å². The van der Waals surface area contributed by atoms with Gasteiger partial charge in [-0.15, -0.1) is 0 Å². The molecule has 0 spiro atoms. The first kappa shape index (κ1) is 45.6. The molecule has 0 N–H and O–H groups in total. The zero-order valence-electron chi connectivity index (χ0n) is 42.0. The normalized spacial score (nSPS) is 14.2. The predicted octanol–water partition coefficient (Wildman–Crippen LogP) is 16.5. The second-order valence-corrected chi connectivity index (χ2v) is 22.7. The third-order valence-electron chi connectivity index (χ3n) is 14.0. The maximum Gasteiger partial charge on any atom is 0.137 e. The van der Waals surface area contributed by atoms with Gasteiger partial charge in [-0.3, -0.25) is 4.57 Å². The van der Waals surface area contributed by atoms with Gasteiger partial charge in [0, 0.05) is 73.5 Å². The van der Waals surface area contributed by atoms with Crippen LogP contribution in [0.25, 0.3) is 27.6 Å². The summed E-state index contributed by atoms with van der Waals surface area (Å²) >= 11 is 0. The van der Waals surface area contributed by atoms with Gasteiger partial charge in [-0.25, -0.2) is 4.98 Å². The lowest BCUT2D eigenvalue weighted by atomic mass is 9.77. The number of ether oxygens (including phenoxy) is 1. The number of benzene rings is 6. The lowest BCUT2D eigenvalue weighted by Crippen LogP contribution is -2.31. The third-order valence-corrected chi connectivity index (χ3v) is 14.0. The second kappa shape index (κ2) is 16.6. The second-order valence-electron chi connectivity index (χ2n) is 22.7. The number of pyridine rings is 1. The van der Waals surface area contributed by atoms with Crippen LogP contribution < -0.4 is 14.5 Å².